The van der Waals surface area contributed by atoms with Gasteiger partial charge in [-0.2, -0.15) is 5.10 Å². The first-order chi connectivity index (χ1) is 18.2. The molecule has 0 bridgehead atoms. The Bertz CT molecular complexity index is 1630. The van der Waals surface area contributed by atoms with Gasteiger partial charge < -0.3 is 9.15 Å². The number of non-ortho nitro benzene ring substituents is 1. The van der Waals surface area contributed by atoms with Crippen molar-refractivity contribution in [2.24, 2.45) is 5.10 Å². The van der Waals surface area contributed by atoms with E-state index in [4.69, 9.17) is 9.15 Å². The van der Waals surface area contributed by atoms with Crippen molar-refractivity contribution in [2.75, 3.05) is 12.0 Å². The number of nitro groups is 2. The number of nitrogens with zero attached hydrogens (tertiary/aromatic N) is 3. The van der Waals surface area contributed by atoms with Gasteiger partial charge in [0, 0.05) is 29.0 Å². The average molecular weight is 517 g/mol. The Kier molecular flexibility index (Phi) is 7.47. The fraction of sp³-hybridized carbons (Fsp3) is 0.185. The molecule has 11 nitrogen and oxygen atoms in total. The maximum Gasteiger partial charge on any atom is 0.340 e. The van der Waals surface area contributed by atoms with E-state index >= 15 is 0 Å². The van der Waals surface area contributed by atoms with Crippen LogP contribution in [0, 0.1) is 34.1 Å². The molecule has 0 aliphatic carbocycles. The lowest BCUT2D eigenvalue weighted by molar-refractivity contribution is -0.393. The number of benzene rings is 3. The molecule has 1 N–H and O–H groups in total. The van der Waals surface area contributed by atoms with Crippen LogP contribution in [0.5, 0.6) is 5.75 Å². The highest BCUT2D eigenvalue weighted by Gasteiger charge is 2.19. The molecule has 3 aromatic carbocycles. The Morgan fingerprint density at radius 3 is 2.42 bits per heavy atom. The first-order valence-electron chi connectivity index (χ1n) is 11.6. The molecule has 0 aliphatic heterocycles. The summed E-state index contributed by atoms with van der Waals surface area (Å²) in [6.45, 7) is 5.38. The van der Waals surface area contributed by atoms with E-state index in [0.29, 0.717) is 34.6 Å². The van der Waals surface area contributed by atoms with Crippen molar-refractivity contribution in [3.63, 3.8) is 0 Å². The number of anilines is 1. The van der Waals surface area contributed by atoms with Crippen molar-refractivity contribution in [3.05, 3.63) is 114 Å². The predicted octanol–water partition coefficient (Wildman–Crippen LogP) is 5.68. The van der Waals surface area contributed by atoms with Gasteiger partial charge in [-0.05, 0) is 50.1 Å². The van der Waals surface area contributed by atoms with E-state index in [9.17, 15) is 25.0 Å². The van der Waals surface area contributed by atoms with Gasteiger partial charge in [0.05, 0.1) is 21.6 Å². The molecule has 1 aromatic heterocycles. The minimum Gasteiger partial charge on any atom is -0.487 e. The third-order valence-corrected chi connectivity index (χ3v) is 6.07. The van der Waals surface area contributed by atoms with Gasteiger partial charge in [-0.1, -0.05) is 30.3 Å². The van der Waals surface area contributed by atoms with Gasteiger partial charge in [-0.25, -0.2) is 4.79 Å². The quantitative estimate of drug-likeness (QED) is 0.129. The van der Waals surface area contributed by atoms with Crippen LogP contribution >= 0.6 is 0 Å². The van der Waals surface area contributed by atoms with E-state index in [1.165, 1.54) is 6.07 Å². The number of nitro benzene ring substituents is 2. The Balaban J connectivity index is 1.52. The van der Waals surface area contributed by atoms with Crippen LogP contribution in [0.15, 0.2) is 75.0 Å². The second-order valence-corrected chi connectivity index (χ2v) is 8.68. The highest BCUT2D eigenvalue weighted by atomic mass is 16.6. The van der Waals surface area contributed by atoms with Crippen molar-refractivity contribution in [2.45, 2.75) is 27.2 Å². The predicted molar refractivity (Wildman–Crippen MR) is 143 cm³/mol. The van der Waals surface area contributed by atoms with Gasteiger partial charge in [0.2, 0.25) is 0 Å². The standard InChI is InChI=1S/C27H24N4O7/c1-16(28-29-23-11-9-20(30(33)34)14-24(23)31(35)36)15-37-25-12-10-21-17(2)22(13-19-7-5-4-6-8-19)27(32)38-26(21)18(25)3/h4-12,14,29H,13,15H2,1-3H3. The molecular formula is C27H24N4O7. The molecule has 11 heteroatoms. The van der Waals surface area contributed by atoms with E-state index in [-0.39, 0.29) is 12.3 Å². The minimum atomic E-state index is -0.726. The number of hydrazone groups is 1. The fourth-order valence-electron chi connectivity index (χ4n) is 3.98. The lowest BCUT2D eigenvalue weighted by Crippen LogP contribution is -2.13. The van der Waals surface area contributed by atoms with Crippen molar-refractivity contribution in [1.82, 2.24) is 0 Å². The molecule has 0 saturated heterocycles. The van der Waals surface area contributed by atoms with Crippen molar-refractivity contribution in [3.8, 4) is 5.75 Å². The van der Waals surface area contributed by atoms with Gasteiger partial charge in [0.25, 0.3) is 5.69 Å². The molecule has 0 fully saturated rings. The third kappa shape index (κ3) is 5.51. The molecule has 0 atom stereocenters. The van der Waals surface area contributed by atoms with Gasteiger partial charge in [0.15, 0.2) is 0 Å². The second-order valence-electron chi connectivity index (χ2n) is 8.68. The van der Waals surface area contributed by atoms with Crippen LogP contribution in [-0.4, -0.2) is 22.2 Å². The Hall–Kier alpha value is -5.06. The number of hydrogen-bond donors (Lipinski definition) is 1. The molecular weight excluding hydrogens is 492 g/mol. The molecule has 1 heterocycles. The van der Waals surface area contributed by atoms with Crippen LogP contribution in [0.3, 0.4) is 0 Å². The SMILES string of the molecule is CC(COc1ccc2c(C)c(Cc3ccccc3)c(=O)oc2c1C)=NNc1ccc([N+](=O)[O-])cc1[N+](=O)[O-]. The molecule has 0 unspecified atom stereocenters. The summed E-state index contributed by atoms with van der Waals surface area (Å²) >= 11 is 0. The smallest absolute Gasteiger partial charge is 0.340 e. The van der Waals surface area contributed by atoms with Crippen molar-refractivity contribution in [1.29, 1.82) is 0 Å². The summed E-state index contributed by atoms with van der Waals surface area (Å²) in [5.41, 5.74) is 5.32. The van der Waals surface area contributed by atoms with Crippen LogP contribution in [0.4, 0.5) is 17.1 Å². The molecule has 4 rings (SSSR count). The van der Waals surface area contributed by atoms with E-state index in [2.05, 4.69) is 10.5 Å². The van der Waals surface area contributed by atoms with Gasteiger partial charge in [-0.15, -0.1) is 0 Å². The fourth-order valence-corrected chi connectivity index (χ4v) is 3.98. The zero-order chi connectivity index (χ0) is 27.4. The molecule has 0 aliphatic rings. The number of nitrogens with one attached hydrogen (secondary N) is 1. The molecule has 0 amide bonds. The van der Waals surface area contributed by atoms with Crippen LogP contribution < -0.4 is 15.8 Å². The molecule has 0 spiro atoms. The zero-order valence-corrected chi connectivity index (χ0v) is 20.9. The largest absolute Gasteiger partial charge is 0.487 e. The number of ether oxygens (including phenoxy) is 1. The first kappa shape index (κ1) is 26.0. The number of hydrogen-bond acceptors (Lipinski definition) is 9. The van der Waals surface area contributed by atoms with E-state index in [1.54, 1.807) is 19.9 Å². The summed E-state index contributed by atoms with van der Waals surface area (Å²) in [5.74, 6) is 0.492. The Morgan fingerprint density at radius 1 is 1.00 bits per heavy atom. The molecule has 0 saturated carbocycles. The monoisotopic (exact) mass is 516 g/mol. The lowest BCUT2D eigenvalue weighted by Gasteiger charge is -2.13. The van der Waals surface area contributed by atoms with Crippen molar-refractivity contribution >= 4 is 33.7 Å². The summed E-state index contributed by atoms with van der Waals surface area (Å²) < 4.78 is 11.6. The first-order valence-corrected chi connectivity index (χ1v) is 11.6. The Labute approximate surface area is 216 Å². The Morgan fingerprint density at radius 2 is 1.74 bits per heavy atom. The molecule has 38 heavy (non-hydrogen) atoms. The summed E-state index contributed by atoms with van der Waals surface area (Å²) in [6, 6.07) is 16.6. The normalized spacial score (nSPS) is 11.4. The van der Waals surface area contributed by atoms with Crippen molar-refractivity contribution < 1.29 is 19.0 Å². The topological polar surface area (TPSA) is 150 Å². The van der Waals surface area contributed by atoms with E-state index < -0.39 is 26.8 Å². The number of rotatable bonds is 9. The lowest BCUT2D eigenvalue weighted by atomic mass is 9.98. The highest BCUT2D eigenvalue weighted by Crippen LogP contribution is 2.31. The van der Waals surface area contributed by atoms with E-state index in [1.807, 2.05) is 43.3 Å². The summed E-state index contributed by atoms with van der Waals surface area (Å²) in [4.78, 5) is 33.6. The average Bonchev–Trinajstić information content (AvgIpc) is 2.90. The molecule has 194 valence electrons. The third-order valence-electron chi connectivity index (χ3n) is 6.07. The maximum atomic E-state index is 12.8. The molecule has 0 radical (unpaired) electrons. The van der Waals surface area contributed by atoms with Gasteiger partial charge in [0.1, 0.15) is 23.6 Å². The van der Waals surface area contributed by atoms with Crippen LogP contribution in [0.1, 0.15) is 29.2 Å². The highest BCUT2D eigenvalue weighted by molar-refractivity contribution is 5.87. The number of aryl methyl sites for hydroxylation is 2. The van der Waals surface area contributed by atoms with Gasteiger partial charge >= 0.3 is 11.3 Å². The van der Waals surface area contributed by atoms with Gasteiger partial charge in [-0.3, -0.25) is 25.7 Å². The summed E-state index contributed by atoms with van der Waals surface area (Å²) in [5, 5.41) is 27.1. The maximum absolute atomic E-state index is 12.8. The summed E-state index contributed by atoms with van der Waals surface area (Å²) in [6.07, 6.45) is 0.470. The molecule has 4 aromatic rings. The van der Waals surface area contributed by atoms with Crippen LogP contribution in [0.2, 0.25) is 0 Å². The summed E-state index contributed by atoms with van der Waals surface area (Å²) in [7, 11) is 0. The van der Waals surface area contributed by atoms with Crippen LogP contribution in [0.25, 0.3) is 11.0 Å². The second kappa shape index (κ2) is 10.9. The minimum absolute atomic E-state index is 0.00499. The van der Waals surface area contributed by atoms with Crippen LogP contribution in [-0.2, 0) is 6.42 Å². The number of fused-ring (bicyclic) bond motifs is 1. The zero-order valence-electron chi connectivity index (χ0n) is 20.9. The van der Waals surface area contributed by atoms with E-state index in [0.717, 1.165) is 28.6 Å².